The zero-order valence-corrected chi connectivity index (χ0v) is 12.5. The Labute approximate surface area is 134 Å². The summed E-state index contributed by atoms with van der Waals surface area (Å²) in [5, 5.41) is 0. The molecule has 4 heteroatoms. The summed E-state index contributed by atoms with van der Waals surface area (Å²) < 4.78 is 13.1. The van der Waals surface area contributed by atoms with Gasteiger partial charge in [-0.1, -0.05) is 30.3 Å². The fraction of sp³-hybridized carbons (Fsp3) is 0.158. The minimum atomic E-state index is -0.339. The van der Waals surface area contributed by atoms with Gasteiger partial charge in [0.25, 0.3) is 0 Å². The van der Waals surface area contributed by atoms with E-state index < -0.39 is 0 Å². The Morgan fingerprint density at radius 3 is 2.70 bits per heavy atom. The van der Waals surface area contributed by atoms with Crippen LogP contribution in [-0.2, 0) is 4.79 Å². The van der Waals surface area contributed by atoms with Crippen LogP contribution in [0.4, 0.5) is 10.1 Å². The Morgan fingerprint density at radius 2 is 1.96 bits per heavy atom. The first-order chi connectivity index (χ1) is 11.1. The zero-order valence-electron chi connectivity index (χ0n) is 12.5. The number of allylic oxidation sites excluding steroid dienone is 1. The van der Waals surface area contributed by atoms with E-state index in [1.165, 1.54) is 18.2 Å². The number of nitrogens with zero attached hydrogens (tertiary/aromatic N) is 1. The van der Waals surface area contributed by atoms with Crippen molar-refractivity contribution in [3.05, 3.63) is 71.6 Å². The molecular formula is C19H16FNO2. The van der Waals surface area contributed by atoms with Crippen molar-refractivity contribution in [3.63, 3.8) is 0 Å². The molecule has 1 aliphatic rings. The van der Waals surface area contributed by atoms with E-state index in [-0.39, 0.29) is 17.5 Å². The summed E-state index contributed by atoms with van der Waals surface area (Å²) in [6, 6.07) is 13.1. The van der Waals surface area contributed by atoms with Gasteiger partial charge in [0.2, 0.25) is 5.91 Å². The van der Waals surface area contributed by atoms with E-state index in [9.17, 15) is 14.0 Å². The molecule has 0 radical (unpaired) electrons. The molecule has 0 bridgehead atoms. The minimum absolute atomic E-state index is 0.0879. The van der Waals surface area contributed by atoms with Gasteiger partial charge >= 0.3 is 0 Å². The van der Waals surface area contributed by atoms with Gasteiger partial charge in [0.05, 0.1) is 0 Å². The number of carbonyl (C=O) groups excluding carboxylic acids is 2. The second-order valence-corrected chi connectivity index (χ2v) is 5.45. The molecule has 1 saturated heterocycles. The van der Waals surface area contributed by atoms with Crippen LogP contribution in [0.15, 0.2) is 54.6 Å². The molecule has 0 spiro atoms. The van der Waals surface area contributed by atoms with Crippen LogP contribution in [0.3, 0.4) is 0 Å². The highest BCUT2D eigenvalue weighted by Crippen LogP contribution is 2.22. The Morgan fingerprint density at radius 1 is 1.13 bits per heavy atom. The lowest BCUT2D eigenvalue weighted by atomic mass is 10.1. The highest BCUT2D eigenvalue weighted by molar-refractivity contribution is 6.08. The molecule has 3 nitrogen and oxygen atoms in total. The number of rotatable bonds is 4. The molecule has 1 aliphatic heterocycles. The van der Waals surface area contributed by atoms with Gasteiger partial charge in [0.15, 0.2) is 5.78 Å². The van der Waals surface area contributed by atoms with Crippen LogP contribution in [0.5, 0.6) is 0 Å². The predicted molar refractivity (Wildman–Crippen MR) is 87.8 cm³/mol. The summed E-state index contributed by atoms with van der Waals surface area (Å²) >= 11 is 0. The molecule has 2 aromatic carbocycles. The third-order valence-electron chi connectivity index (χ3n) is 3.79. The third kappa shape index (κ3) is 3.54. The molecular weight excluding hydrogens is 293 g/mol. The fourth-order valence-electron chi connectivity index (χ4n) is 2.63. The molecule has 0 atom stereocenters. The molecule has 1 fully saturated rings. The maximum absolute atomic E-state index is 13.1. The Hall–Kier alpha value is -2.75. The number of anilines is 1. The summed E-state index contributed by atoms with van der Waals surface area (Å²) in [6.07, 6.45) is 4.40. The average molecular weight is 309 g/mol. The normalized spacial score (nSPS) is 14.7. The maximum atomic E-state index is 13.1. The molecule has 3 rings (SSSR count). The van der Waals surface area contributed by atoms with E-state index in [0.29, 0.717) is 24.1 Å². The van der Waals surface area contributed by atoms with Gasteiger partial charge in [-0.05, 0) is 42.3 Å². The van der Waals surface area contributed by atoms with Gasteiger partial charge in [0, 0.05) is 24.2 Å². The zero-order chi connectivity index (χ0) is 16.2. The van der Waals surface area contributed by atoms with Crippen LogP contribution >= 0.6 is 0 Å². The van der Waals surface area contributed by atoms with Crippen LogP contribution in [0.2, 0.25) is 0 Å². The van der Waals surface area contributed by atoms with Crippen molar-refractivity contribution >= 4 is 23.5 Å². The first kappa shape index (κ1) is 15.2. The van der Waals surface area contributed by atoms with Gasteiger partial charge in [0.1, 0.15) is 5.82 Å². The average Bonchev–Trinajstić information content (AvgIpc) is 2.99. The topological polar surface area (TPSA) is 37.4 Å². The molecule has 0 unspecified atom stereocenters. The number of benzene rings is 2. The van der Waals surface area contributed by atoms with E-state index in [2.05, 4.69) is 0 Å². The van der Waals surface area contributed by atoms with Crippen molar-refractivity contribution in [2.24, 2.45) is 0 Å². The highest BCUT2D eigenvalue weighted by Gasteiger charge is 2.21. The molecule has 2 aromatic rings. The molecule has 1 amide bonds. The number of carbonyl (C=O) groups is 2. The van der Waals surface area contributed by atoms with Gasteiger partial charge in [-0.2, -0.15) is 0 Å². The quantitative estimate of drug-likeness (QED) is 0.635. The number of hydrogen-bond acceptors (Lipinski definition) is 2. The number of ketones is 1. The van der Waals surface area contributed by atoms with Crippen molar-refractivity contribution in [2.75, 3.05) is 11.4 Å². The van der Waals surface area contributed by atoms with Crippen LogP contribution < -0.4 is 4.90 Å². The van der Waals surface area contributed by atoms with Crippen LogP contribution in [-0.4, -0.2) is 18.2 Å². The lowest BCUT2D eigenvalue weighted by Gasteiger charge is -2.16. The summed E-state index contributed by atoms with van der Waals surface area (Å²) in [5.74, 6) is -0.429. The predicted octanol–water partition coefficient (Wildman–Crippen LogP) is 3.85. The van der Waals surface area contributed by atoms with Crippen LogP contribution in [0, 0.1) is 5.82 Å². The van der Waals surface area contributed by atoms with Gasteiger partial charge in [-0.15, -0.1) is 0 Å². The summed E-state index contributed by atoms with van der Waals surface area (Å²) in [4.78, 5) is 25.8. The van der Waals surface area contributed by atoms with Gasteiger partial charge < -0.3 is 4.90 Å². The highest BCUT2D eigenvalue weighted by atomic mass is 19.1. The number of halogens is 1. The summed E-state index contributed by atoms with van der Waals surface area (Å²) in [5.41, 5.74) is 1.89. The van der Waals surface area contributed by atoms with Crippen LogP contribution in [0.25, 0.3) is 6.08 Å². The largest absolute Gasteiger partial charge is 0.312 e. The standard InChI is InChI=1S/C19H16FNO2/c20-16-6-1-4-14(12-16)9-10-18(22)15-5-2-7-17(13-15)21-11-3-8-19(21)23/h1-2,4-7,9-10,12-13H,3,8,11H2/b10-9+. The lowest BCUT2D eigenvalue weighted by molar-refractivity contribution is -0.117. The van der Waals surface area contributed by atoms with E-state index >= 15 is 0 Å². The van der Waals surface area contributed by atoms with E-state index in [1.54, 1.807) is 41.3 Å². The monoisotopic (exact) mass is 309 g/mol. The second-order valence-electron chi connectivity index (χ2n) is 5.45. The van der Waals surface area contributed by atoms with E-state index in [4.69, 9.17) is 0 Å². The first-order valence-electron chi connectivity index (χ1n) is 7.52. The third-order valence-corrected chi connectivity index (χ3v) is 3.79. The van der Waals surface area contributed by atoms with E-state index in [0.717, 1.165) is 12.1 Å². The molecule has 1 heterocycles. The Kier molecular flexibility index (Phi) is 4.33. The SMILES string of the molecule is O=C(/C=C/c1cccc(F)c1)c1cccc(N2CCCC2=O)c1. The van der Waals surface area contributed by atoms with Crippen molar-refractivity contribution in [1.82, 2.24) is 0 Å². The van der Waals surface area contributed by atoms with Crippen molar-refractivity contribution in [1.29, 1.82) is 0 Å². The second kappa shape index (κ2) is 6.57. The molecule has 0 aliphatic carbocycles. The van der Waals surface area contributed by atoms with Crippen molar-refractivity contribution in [2.45, 2.75) is 12.8 Å². The number of amides is 1. The Bertz CT molecular complexity index is 782. The maximum Gasteiger partial charge on any atom is 0.227 e. The summed E-state index contributed by atoms with van der Waals surface area (Å²) in [6.45, 7) is 0.690. The fourth-order valence-corrected chi connectivity index (χ4v) is 2.63. The number of hydrogen-bond donors (Lipinski definition) is 0. The first-order valence-corrected chi connectivity index (χ1v) is 7.52. The molecule has 0 saturated carbocycles. The lowest BCUT2D eigenvalue weighted by Crippen LogP contribution is -2.23. The Balaban J connectivity index is 1.78. The van der Waals surface area contributed by atoms with Crippen molar-refractivity contribution < 1.29 is 14.0 Å². The van der Waals surface area contributed by atoms with Crippen LogP contribution in [0.1, 0.15) is 28.8 Å². The molecule has 0 N–H and O–H groups in total. The van der Waals surface area contributed by atoms with Gasteiger partial charge in [-0.25, -0.2) is 4.39 Å². The molecule has 23 heavy (non-hydrogen) atoms. The molecule has 0 aromatic heterocycles. The minimum Gasteiger partial charge on any atom is -0.312 e. The van der Waals surface area contributed by atoms with Gasteiger partial charge in [-0.3, -0.25) is 9.59 Å². The molecule has 116 valence electrons. The van der Waals surface area contributed by atoms with E-state index in [1.807, 2.05) is 6.07 Å². The summed E-state index contributed by atoms with van der Waals surface area (Å²) in [7, 11) is 0. The van der Waals surface area contributed by atoms with Crippen molar-refractivity contribution in [3.8, 4) is 0 Å². The smallest absolute Gasteiger partial charge is 0.227 e.